The molecule has 1 unspecified atom stereocenters. The second kappa shape index (κ2) is 7.10. The van der Waals surface area contributed by atoms with Crippen LogP contribution in [-0.2, 0) is 9.53 Å². The van der Waals surface area contributed by atoms with Crippen LogP contribution in [-0.4, -0.2) is 12.6 Å². The normalized spacial score (nSPS) is 12.2. The topological polar surface area (TPSA) is 26.3 Å². The van der Waals surface area contributed by atoms with Crippen molar-refractivity contribution in [3.63, 3.8) is 0 Å². The Morgan fingerprint density at radius 2 is 2.12 bits per heavy atom. The van der Waals surface area contributed by atoms with Crippen LogP contribution in [0.5, 0.6) is 0 Å². The Morgan fingerprint density at radius 1 is 1.35 bits per heavy atom. The maximum Gasteiger partial charge on any atom is 0.305 e. The lowest BCUT2D eigenvalue weighted by Crippen LogP contribution is -2.07. The lowest BCUT2D eigenvalue weighted by Gasteiger charge is -2.15. The molecular weight excluding hydrogens is 212 g/mol. The molecule has 1 aromatic rings. The van der Waals surface area contributed by atoms with E-state index in [1.807, 2.05) is 6.92 Å². The van der Waals surface area contributed by atoms with Crippen LogP contribution in [0.25, 0.3) is 0 Å². The van der Waals surface area contributed by atoms with E-state index in [0.29, 0.717) is 18.9 Å². The first-order valence-corrected chi connectivity index (χ1v) is 6.39. The van der Waals surface area contributed by atoms with Crippen molar-refractivity contribution in [1.29, 1.82) is 0 Å². The number of hydrogen-bond acceptors (Lipinski definition) is 2. The first-order valence-electron chi connectivity index (χ1n) is 6.39. The summed E-state index contributed by atoms with van der Waals surface area (Å²) >= 11 is 0. The quantitative estimate of drug-likeness (QED) is 0.699. The van der Waals surface area contributed by atoms with Crippen LogP contribution >= 0.6 is 0 Å². The Balaban J connectivity index is 2.57. The van der Waals surface area contributed by atoms with E-state index >= 15 is 0 Å². The van der Waals surface area contributed by atoms with Gasteiger partial charge in [0, 0.05) is 6.42 Å². The van der Waals surface area contributed by atoms with Crippen LogP contribution in [0.3, 0.4) is 0 Å². The number of esters is 1. The Labute approximate surface area is 104 Å². The molecule has 1 rings (SSSR count). The third kappa shape index (κ3) is 4.59. The van der Waals surface area contributed by atoms with Gasteiger partial charge in [-0.05, 0) is 38.2 Å². The van der Waals surface area contributed by atoms with Gasteiger partial charge in [-0.25, -0.2) is 0 Å². The highest BCUT2D eigenvalue weighted by molar-refractivity contribution is 5.69. The molecule has 0 aliphatic heterocycles. The summed E-state index contributed by atoms with van der Waals surface area (Å²) in [6, 6.07) is 8.53. The van der Waals surface area contributed by atoms with Gasteiger partial charge in [0.15, 0.2) is 0 Å². The van der Waals surface area contributed by atoms with E-state index < -0.39 is 0 Å². The zero-order valence-electron chi connectivity index (χ0n) is 11.0. The average Bonchev–Trinajstić information content (AvgIpc) is 2.30. The lowest BCUT2D eigenvalue weighted by molar-refractivity contribution is -0.143. The molecule has 2 nitrogen and oxygen atoms in total. The highest BCUT2D eigenvalue weighted by atomic mass is 16.5. The molecule has 2 heteroatoms. The molecule has 0 fully saturated rings. The second-order valence-corrected chi connectivity index (χ2v) is 4.36. The monoisotopic (exact) mass is 234 g/mol. The molecule has 0 heterocycles. The van der Waals surface area contributed by atoms with Crippen molar-refractivity contribution in [2.24, 2.45) is 0 Å². The molecule has 94 valence electrons. The molecule has 0 amide bonds. The van der Waals surface area contributed by atoms with Gasteiger partial charge in [-0.3, -0.25) is 4.79 Å². The van der Waals surface area contributed by atoms with Gasteiger partial charge in [0.05, 0.1) is 6.61 Å². The third-order valence-corrected chi connectivity index (χ3v) is 3.01. The predicted octanol–water partition coefficient (Wildman–Crippen LogP) is 3.83. The average molecular weight is 234 g/mol. The summed E-state index contributed by atoms with van der Waals surface area (Å²) in [5, 5.41) is 0. The van der Waals surface area contributed by atoms with Crippen molar-refractivity contribution in [2.45, 2.75) is 46.0 Å². The summed E-state index contributed by atoms with van der Waals surface area (Å²) in [6.07, 6.45) is 2.45. The first-order chi connectivity index (χ1) is 8.17. The number of ether oxygens (including phenoxy) is 1. The van der Waals surface area contributed by atoms with E-state index in [0.717, 1.165) is 12.8 Å². The van der Waals surface area contributed by atoms with Gasteiger partial charge < -0.3 is 4.74 Å². The van der Waals surface area contributed by atoms with Gasteiger partial charge in [-0.2, -0.15) is 0 Å². The minimum atomic E-state index is -0.0846. The molecule has 0 aromatic heterocycles. The highest BCUT2D eigenvalue weighted by Crippen LogP contribution is 2.25. The molecule has 1 atom stereocenters. The number of benzene rings is 1. The number of carbonyl (C=O) groups is 1. The molecular formula is C15H22O2. The minimum Gasteiger partial charge on any atom is -0.466 e. The third-order valence-electron chi connectivity index (χ3n) is 3.01. The van der Waals surface area contributed by atoms with Gasteiger partial charge in [-0.15, -0.1) is 0 Å². The van der Waals surface area contributed by atoms with Crippen LogP contribution in [0.1, 0.15) is 50.2 Å². The van der Waals surface area contributed by atoms with Crippen molar-refractivity contribution in [1.82, 2.24) is 0 Å². The standard InChI is InChI=1S/C15H22O2/c1-4-13(9-10-15(16)17-5-2)14-8-6-7-12(3)11-14/h6-8,11,13H,4-5,9-10H2,1-3H3. The maximum atomic E-state index is 11.3. The van der Waals surface area contributed by atoms with Gasteiger partial charge in [0.25, 0.3) is 0 Å². The summed E-state index contributed by atoms with van der Waals surface area (Å²) in [4.78, 5) is 11.3. The Bertz CT molecular complexity index is 358. The Kier molecular flexibility index (Phi) is 5.75. The van der Waals surface area contributed by atoms with Gasteiger partial charge in [-0.1, -0.05) is 36.8 Å². The molecule has 0 N–H and O–H groups in total. The van der Waals surface area contributed by atoms with E-state index in [1.54, 1.807) is 0 Å². The molecule has 0 aliphatic carbocycles. The second-order valence-electron chi connectivity index (χ2n) is 4.36. The highest BCUT2D eigenvalue weighted by Gasteiger charge is 2.12. The van der Waals surface area contributed by atoms with E-state index in [4.69, 9.17) is 4.74 Å². The molecule has 0 bridgehead atoms. The summed E-state index contributed by atoms with van der Waals surface area (Å²) in [5.74, 6) is 0.373. The van der Waals surface area contributed by atoms with Crippen molar-refractivity contribution < 1.29 is 9.53 Å². The van der Waals surface area contributed by atoms with Gasteiger partial charge in [0.1, 0.15) is 0 Å². The molecule has 0 radical (unpaired) electrons. The summed E-state index contributed by atoms with van der Waals surface area (Å²) in [7, 11) is 0. The van der Waals surface area contributed by atoms with Crippen LogP contribution in [0.4, 0.5) is 0 Å². The summed E-state index contributed by atoms with van der Waals surface area (Å²) < 4.78 is 4.96. The Morgan fingerprint density at radius 3 is 2.71 bits per heavy atom. The van der Waals surface area contributed by atoms with Crippen molar-refractivity contribution in [2.75, 3.05) is 6.61 Å². The Hall–Kier alpha value is -1.31. The molecule has 0 aliphatic rings. The van der Waals surface area contributed by atoms with Gasteiger partial charge >= 0.3 is 5.97 Å². The van der Waals surface area contributed by atoms with E-state index in [-0.39, 0.29) is 5.97 Å². The smallest absolute Gasteiger partial charge is 0.305 e. The molecule has 17 heavy (non-hydrogen) atoms. The molecule has 0 saturated heterocycles. The number of hydrogen-bond donors (Lipinski definition) is 0. The number of carbonyl (C=O) groups excluding carboxylic acids is 1. The fourth-order valence-corrected chi connectivity index (χ4v) is 2.06. The summed E-state index contributed by atoms with van der Waals surface area (Å²) in [6.45, 7) is 6.58. The van der Waals surface area contributed by atoms with Crippen LogP contribution in [0.2, 0.25) is 0 Å². The largest absolute Gasteiger partial charge is 0.466 e. The fourth-order valence-electron chi connectivity index (χ4n) is 2.06. The minimum absolute atomic E-state index is 0.0846. The molecule has 0 saturated carbocycles. The first kappa shape index (κ1) is 13.8. The fraction of sp³-hybridized carbons (Fsp3) is 0.533. The van der Waals surface area contributed by atoms with E-state index in [2.05, 4.69) is 38.1 Å². The van der Waals surface area contributed by atoms with Crippen molar-refractivity contribution in [3.8, 4) is 0 Å². The van der Waals surface area contributed by atoms with Crippen LogP contribution < -0.4 is 0 Å². The molecule has 0 spiro atoms. The van der Waals surface area contributed by atoms with Crippen molar-refractivity contribution in [3.05, 3.63) is 35.4 Å². The number of aryl methyl sites for hydroxylation is 1. The SMILES string of the molecule is CCOC(=O)CCC(CC)c1cccc(C)c1. The van der Waals surface area contributed by atoms with Crippen molar-refractivity contribution >= 4 is 5.97 Å². The van der Waals surface area contributed by atoms with Gasteiger partial charge in [0.2, 0.25) is 0 Å². The lowest BCUT2D eigenvalue weighted by atomic mass is 9.91. The van der Waals surface area contributed by atoms with Crippen LogP contribution in [0.15, 0.2) is 24.3 Å². The number of rotatable bonds is 6. The predicted molar refractivity (Wildman–Crippen MR) is 70.1 cm³/mol. The zero-order chi connectivity index (χ0) is 12.7. The van der Waals surface area contributed by atoms with E-state index in [1.165, 1.54) is 11.1 Å². The van der Waals surface area contributed by atoms with E-state index in [9.17, 15) is 4.79 Å². The maximum absolute atomic E-state index is 11.3. The zero-order valence-corrected chi connectivity index (χ0v) is 11.0. The summed E-state index contributed by atoms with van der Waals surface area (Å²) in [5.41, 5.74) is 2.61. The molecule has 1 aromatic carbocycles. The van der Waals surface area contributed by atoms with Crippen LogP contribution in [0, 0.1) is 6.92 Å².